The van der Waals surface area contributed by atoms with Gasteiger partial charge in [0.25, 0.3) is 0 Å². The summed E-state index contributed by atoms with van der Waals surface area (Å²) in [6, 6.07) is 19.2. The Bertz CT molecular complexity index is 705. The number of amidine groups is 1. The van der Waals surface area contributed by atoms with Gasteiger partial charge in [0.05, 0.1) is 18.4 Å². The highest BCUT2D eigenvalue weighted by atomic mass is 35.5. The van der Waals surface area contributed by atoms with Gasteiger partial charge in [0.2, 0.25) is 0 Å². The summed E-state index contributed by atoms with van der Waals surface area (Å²) in [4.78, 5) is 8.82. The number of rotatable bonds is 4. The van der Waals surface area contributed by atoms with Crippen LogP contribution in [0, 0.1) is 0 Å². The van der Waals surface area contributed by atoms with Crippen LogP contribution in [0.25, 0.3) is 0 Å². The van der Waals surface area contributed by atoms with Gasteiger partial charge in [-0.1, -0.05) is 30.3 Å². The molecule has 5 heteroatoms. The van der Waals surface area contributed by atoms with Crippen LogP contribution >= 0.6 is 24.2 Å². The number of methoxy groups -OCH3 is 1. The van der Waals surface area contributed by atoms with E-state index in [0.29, 0.717) is 5.25 Å². The lowest BCUT2D eigenvalue weighted by Crippen LogP contribution is -2.24. The molecule has 2 aliphatic heterocycles. The summed E-state index contributed by atoms with van der Waals surface area (Å²) in [6.07, 6.45) is 1.19. The van der Waals surface area contributed by atoms with Crippen molar-refractivity contribution in [3.8, 4) is 5.75 Å². The normalized spacial score (nSPS) is 21.9. The van der Waals surface area contributed by atoms with Crippen molar-refractivity contribution >= 4 is 30.0 Å². The van der Waals surface area contributed by atoms with Crippen LogP contribution < -0.4 is 4.74 Å². The van der Waals surface area contributed by atoms with Crippen LogP contribution in [-0.4, -0.2) is 36.2 Å². The Morgan fingerprint density at radius 2 is 1.83 bits per heavy atom. The van der Waals surface area contributed by atoms with Crippen LogP contribution in [-0.2, 0) is 0 Å². The van der Waals surface area contributed by atoms with E-state index in [1.807, 2.05) is 23.9 Å². The lowest BCUT2D eigenvalue weighted by atomic mass is 10.1. The van der Waals surface area contributed by atoms with E-state index in [1.54, 1.807) is 7.11 Å². The fraction of sp³-hybridized carbons (Fsp3) is 0.316. The van der Waals surface area contributed by atoms with E-state index in [1.165, 1.54) is 22.7 Å². The summed E-state index contributed by atoms with van der Waals surface area (Å²) < 4.78 is 5.24. The zero-order valence-corrected chi connectivity index (χ0v) is 15.2. The maximum atomic E-state index is 5.24. The van der Waals surface area contributed by atoms with Crippen molar-refractivity contribution in [3.05, 3.63) is 60.2 Å². The van der Waals surface area contributed by atoms with Gasteiger partial charge in [-0.05, 0) is 36.2 Å². The molecule has 0 N–H and O–H groups in total. The molecule has 0 amide bonds. The third-order valence-electron chi connectivity index (χ3n) is 4.48. The van der Waals surface area contributed by atoms with Crippen molar-refractivity contribution in [1.82, 2.24) is 4.90 Å². The first kappa shape index (κ1) is 17.2. The van der Waals surface area contributed by atoms with Crippen LogP contribution in [0.1, 0.15) is 18.0 Å². The fourth-order valence-electron chi connectivity index (χ4n) is 3.26. The molecule has 4 rings (SSSR count). The molecule has 2 heterocycles. The number of nitrogens with zero attached hydrogens (tertiary/aromatic N) is 2. The molecule has 0 radical (unpaired) electrons. The highest BCUT2D eigenvalue weighted by Crippen LogP contribution is 2.37. The van der Waals surface area contributed by atoms with Crippen LogP contribution in [0.5, 0.6) is 5.75 Å². The molecule has 0 saturated carbocycles. The number of hydrogen-bond acceptors (Lipinski definition) is 4. The lowest BCUT2D eigenvalue weighted by molar-refractivity contribution is 0.414. The first-order valence-electron chi connectivity index (χ1n) is 8.02. The average molecular weight is 361 g/mol. The summed E-state index contributed by atoms with van der Waals surface area (Å²) in [5.74, 6) is 2.18. The number of thioether (sulfide) groups is 1. The van der Waals surface area contributed by atoms with E-state index in [4.69, 9.17) is 9.73 Å². The van der Waals surface area contributed by atoms with Crippen LogP contribution in [0.4, 0.5) is 0 Å². The molecule has 0 aliphatic carbocycles. The molecular formula is C19H21ClN2OS. The third kappa shape index (κ3) is 3.40. The molecule has 126 valence electrons. The van der Waals surface area contributed by atoms with E-state index >= 15 is 0 Å². The van der Waals surface area contributed by atoms with E-state index in [9.17, 15) is 0 Å². The zero-order chi connectivity index (χ0) is 15.6. The van der Waals surface area contributed by atoms with Gasteiger partial charge in [0.1, 0.15) is 11.6 Å². The maximum Gasteiger partial charge on any atom is 0.118 e. The minimum absolute atomic E-state index is 0. The second kappa shape index (κ2) is 7.49. The quantitative estimate of drug-likeness (QED) is 0.805. The van der Waals surface area contributed by atoms with Crippen LogP contribution in [0.3, 0.4) is 0 Å². The van der Waals surface area contributed by atoms with Crippen molar-refractivity contribution in [2.75, 3.05) is 20.2 Å². The van der Waals surface area contributed by atoms with Crippen LogP contribution in [0.2, 0.25) is 0 Å². The second-order valence-corrected chi connectivity index (χ2v) is 7.21. The Labute approximate surface area is 153 Å². The highest BCUT2D eigenvalue weighted by molar-refractivity contribution is 8.00. The summed E-state index contributed by atoms with van der Waals surface area (Å²) >= 11 is 1.94. The molecule has 2 unspecified atom stereocenters. The van der Waals surface area contributed by atoms with E-state index in [-0.39, 0.29) is 18.4 Å². The van der Waals surface area contributed by atoms with Gasteiger partial charge in [0.15, 0.2) is 0 Å². The molecule has 3 nitrogen and oxygen atoms in total. The van der Waals surface area contributed by atoms with Gasteiger partial charge in [-0.25, -0.2) is 0 Å². The molecular weight excluding hydrogens is 340 g/mol. The van der Waals surface area contributed by atoms with E-state index in [2.05, 4.69) is 47.4 Å². The molecule has 0 spiro atoms. The summed E-state index contributed by atoms with van der Waals surface area (Å²) in [6.45, 7) is 2.13. The number of benzene rings is 2. The van der Waals surface area contributed by atoms with Crippen molar-refractivity contribution < 1.29 is 4.74 Å². The van der Waals surface area contributed by atoms with Gasteiger partial charge in [-0.15, -0.1) is 24.2 Å². The molecule has 2 aromatic carbocycles. The second-order valence-electron chi connectivity index (χ2n) is 5.93. The Morgan fingerprint density at radius 1 is 1.08 bits per heavy atom. The van der Waals surface area contributed by atoms with Crippen LogP contribution in [0.15, 0.2) is 64.5 Å². The van der Waals surface area contributed by atoms with Gasteiger partial charge < -0.3 is 9.64 Å². The largest absolute Gasteiger partial charge is 0.497 e. The SMILES string of the molecule is COc1ccc(C2CN3CCC(Sc4ccccc4)C3=N2)cc1.Cl. The number of fused-ring (bicyclic) bond motifs is 1. The van der Waals surface area contributed by atoms with Crippen molar-refractivity contribution in [2.45, 2.75) is 22.6 Å². The number of ether oxygens (including phenoxy) is 1. The smallest absolute Gasteiger partial charge is 0.118 e. The molecule has 2 atom stereocenters. The lowest BCUT2D eigenvalue weighted by Gasteiger charge is -2.14. The van der Waals surface area contributed by atoms with Gasteiger partial charge in [0, 0.05) is 18.0 Å². The monoisotopic (exact) mass is 360 g/mol. The third-order valence-corrected chi connectivity index (χ3v) is 5.75. The van der Waals surface area contributed by atoms with Gasteiger partial charge >= 0.3 is 0 Å². The van der Waals surface area contributed by atoms with Crippen molar-refractivity contribution in [2.24, 2.45) is 4.99 Å². The van der Waals surface area contributed by atoms with Crippen molar-refractivity contribution in [3.63, 3.8) is 0 Å². The minimum Gasteiger partial charge on any atom is -0.497 e. The first-order chi connectivity index (χ1) is 11.3. The average Bonchev–Trinajstić information content (AvgIpc) is 3.18. The first-order valence-corrected chi connectivity index (χ1v) is 8.90. The summed E-state index contributed by atoms with van der Waals surface area (Å²) in [5.41, 5.74) is 1.27. The predicted octanol–water partition coefficient (Wildman–Crippen LogP) is 4.44. The van der Waals surface area contributed by atoms with E-state index in [0.717, 1.165) is 18.8 Å². The number of halogens is 1. The minimum atomic E-state index is 0. The topological polar surface area (TPSA) is 24.8 Å². The molecule has 2 aromatic rings. The zero-order valence-electron chi connectivity index (χ0n) is 13.6. The molecule has 0 aromatic heterocycles. The molecule has 1 fully saturated rings. The Hall–Kier alpha value is -1.65. The predicted molar refractivity (Wildman–Crippen MR) is 103 cm³/mol. The molecule has 2 aliphatic rings. The van der Waals surface area contributed by atoms with E-state index < -0.39 is 0 Å². The highest BCUT2D eigenvalue weighted by Gasteiger charge is 2.36. The van der Waals surface area contributed by atoms with Gasteiger partial charge in [-0.2, -0.15) is 0 Å². The summed E-state index contributed by atoms with van der Waals surface area (Å²) in [5, 5.41) is 0.487. The summed E-state index contributed by atoms with van der Waals surface area (Å²) in [7, 11) is 1.70. The van der Waals surface area contributed by atoms with Crippen molar-refractivity contribution in [1.29, 1.82) is 0 Å². The molecule has 1 saturated heterocycles. The maximum absolute atomic E-state index is 5.24. The Balaban J connectivity index is 0.00000169. The molecule has 24 heavy (non-hydrogen) atoms. The molecule has 0 bridgehead atoms. The number of hydrogen-bond donors (Lipinski definition) is 0. The Morgan fingerprint density at radius 3 is 2.54 bits per heavy atom. The van der Waals surface area contributed by atoms with Gasteiger partial charge in [-0.3, -0.25) is 4.99 Å². The standard InChI is InChI=1S/C19H20N2OS.ClH/c1-22-15-9-7-14(8-10-15)17-13-21-12-11-18(19(21)20-17)23-16-5-3-2-4-6-16;/h2-10,17-18H,11-13H2,1H3;1H. The Kier molecular flexibility index (Phi) is 5.36. The fourth-order valence-corrected chi connectivity index (χ4v) is 4.44. The number of aliphatic imine (C=N–C) groups is 1.